The van der Waals surface area contributed by atoms with Gasteiger partial charge in [0.2, 0.25) is 0 Å². The van der Waals surface area contributed by atoms with Gasteiger partial charge >= 0.3 is 0 Å². The first-order valence-electron chi connectivity index (χ1n) is 5.19. The number of aliphatic hydroxyl groups excluding tert-OH is 1. The molecule has 4 heteroatoms. The van der Waals surface area contributed by atoms with Crippen molar-refractivity contribution in [3.05, 3.63) is 0 Å². The zero-order valence-corrected chi connectivity index (χ0v) is 8.90. The lowest BCUT2D eigenvalue weighted by Gasteiger charge is -2.35. The summed E-state index contributed by atoms with van der Waals surface area (Å²) in [4.78, 5) is 13.6. The van der Waals surface area contributed by atoms with Crippen LogP contribution < -0.4 is 0 Å². The highest BCUT2D eigenvalue weighted by Gasteiger charge is 2.30. The zero-order valence-electron chi connectivity index (χ0n) is 8.90. The van der Waals surface area contributed by atoms with E-state index < -0.39 is 0 Å². The molecule has 1 rings (SSSR count). The lowest BCUT2D eigenvalue weighted by atomic mass is 10.1. The van der Waals surface area contributed by atoms with Gasteiger partial charge < -0.3 is 14.7 Å². The predicted octanol–water partition coefficient (Wildman–Crippen LogP) is 0.395. The van der Waals surface area contributed by atoms with Gasteiger partial charge in [-0.05, 0) is 26.7 Å². The third-order valence-corrected chi connectivity index (χ3v) is 2.46. The summed E-state index contributed by atoms with van der Waals surface area (Å²) in [6.07, 6.45) is 0.916. The molecule has 1 aliphatic heterocycles. The summed E-state index contributed by atoms with van der Waals surface area (Å²) in [5, 5.41) is 8.68. The van der Waals surface area contributed by atoms with Crippen molar-refractivity contribution in [1.82, 2.24) is 4.90 Å². The minimum absolute atomic E-state index is 0.0692. The molecular weight excluding hydrogens is 182 g/mol. The molecule has 1 amide bonds. The molecule has 1 N–H and O–H groups in total. The van der Waals surface area contributed by atoms with Gasteiger partial charge in [-0.15, -0.1) is 0 Å². The van der Waals surface area contributed by atoms with Crippen LogP contribution in [-0.2, 0) is 9.53 Å². The molecule has 1 unspecified atom stereocenters. The van der Waals surface area contributed by atoms with E-state index in [1.54, 1.807) is 0 Å². The molecule has 0 aromatic heterocycles. The number of rotatable bonds is 4. The normalized spacial score (nSPS) is 23.3. The highest BCUT2D eigenvalue weighted by atomic mass is 16.5. The Kier molecular flexibility index (Phi) is 4.35. The van der Waals surface area contributed by atoms with Crippen LogP contribution in [0.4, 0.5) is 0 Å². The maximum absolute atomic E-state index is 11.8. The number of aliphatic hydroxyl groups is 1. The third kappa shape index (κ3) is 2.69. The van der Waals surface area contributed by atoms with E-state index in [0.29, 0.717) is 26.0 Å². The Bertz CT molecular complexity index is 194. The summed E-state index contributed by atoms with van der Waals surface area (Å²) in [5.41, 5.74) is 0. The van der Waals surface area contributed by atoms with Crippen molar-refractivity contribution in [3.63, 3.8) is 0 Å². The van der Waals surface area contributed by atoms with Crippen LogP contribution in [0.1, 0.15) is 26.7 Å². The first-order valence-corrected chi connectivity index (χ1v) is 5.19. The van der Waals surface area contributed by atoms with Gasteiger partial charge in [-0.3, -0.25) is 4.79 Å². The second kappa shape index (κ2) is 5.32. The molecule has 1 fully saturated rings. The Hall–Kier alpha value is -0.610. The molecule has 14 heavy (non-hydrogen) atoms. The van der Waals surface area contributed by atoms with Gasteiger partial charge in [0.15, 0.2) is 0 Å². The Balaban J connectivity index is 2.48. The smallest absolute Gasteiger partial charge is 0.252 e. The number of carbonyl (C=O) groups excluding carboxylic acids is 1. The predicted molar refractivity (Wildman–Crippen MR) is 52.9 cm³/mol. The number of hydrogen-bond acceptors (Lipinski definition) is 3. The van der Waals surface area contributed by atoms with Gasteiger partial charge in [-0.2, -0.15) is 0 Å². The van der Waals surface area contributed by atoms with Crippen LogP contribution in [0, 0.1) is 0 Å². The van der Waals surface area contributed by atoms with Crippen LogP contribution in [0.3, 0.4) is 0 Å². The van der Waals surface area contributed by atoms with Gasteiger partial charge in [-0.25, -0.2) is 0 Å². The molecule has 0 aromatic rings. The summed E-state index contributed by atoms with van der Waals surface area (Å²) in [7, 11) is 0. The van der Waals surface area contributed by atoms with E-state index in [1.807, 2.05) is 18.7 Å². The van der Waals surface area contributed by atoms with E-state index in [-0.39, 0.29) is 24.7 Å². The van der Waals surface area contributed by atoms with E-state index in [1.165, 1.54) is 0 Å². The van der Waals surface area contributed by atoms with Gasteiger partial charge in [0.05, 0.1) is 6.61 Å². The van der Waals surface area contributed by atoms with Crippen molar-refractivity contribution < 1.29 is 14.6 Å². The number of hydrogen-bond donors (Lipinski definition) is 1. The minimum atomic E-state index is -0.335. The molecule has 0 bridgehead atoms. The van der Waals surface area contributed by atoms with Crippen molar-refractivity contribution in [1.29, 1.82) is 0 Å². The molecule has 4 nitrogen and oxygen atoms in total. The SMILES string of the molecule is CC(C)N1CCOC(CCCO)C1=O. The van der Waals surface area contributed by atoms with Gasteiger partial charge in [0.1, 0.15) is 6.10 Å². The molecular formula is C10H19NO3. The van der Waals surface area contributed by atoms with E-state index in [9.17, 15) is 4.79 Å². The molecule has 1 atom stereocenters. The lowest BCUT2D eigenvalue weighted by molar-refractivity contribution is -0.155. The first-order chi connectivity index (χ1) is 6.66. The molecule has 0 aliphatic carbocycles. The average molecular weight is 201 g/mol. The highest BCUT2D eigenvalue weighted by Crippen LogP contribution is 2.14. The van der Waals surface area contributed by atoms with Crippen LogP contribution in [0.15, 0.2) is 0 Å². The van der Waals surface area contributed by atoms with Crippen molar-refractivity contribution in [2.24, 2.45) is 0 Å². The fourth-order valence-corrected chi connectivity index (χ4v) is 1.66. The maximum atomic E-state index is 11.8. The van der Waals surface area contributed by atoms with Crippen LogP contribution in [0.5, 0.6) is 0 Å². The van der Waals surface area contributed by atoms with Crippen molar-refractivity contribution >= 4 is 5.91 Å². The van der Waals surface area contributed by atoms with Crippen LogP contribution in [-0.4, -0.2) is 47.8 Å². The molecule has 1 heterocycles. The van der Waals surface area contributed by atoms with Crippen molar-refractivity contribution in [2.75, 3.05) is 19.8 Å². The standard InChI is InChI=1S/C10H19NO3/c1-8(2)11-5-7-14-9(10(11)13)4-3-6-12/h8-9,12H,3-7H2,1-2H3. The Morgan fingerprint density at radius 2 is 2.36 bits per heavy atom. The second-order valence-electron chi connectivity index (χ2n) is 3.85. The van der Waals surface area contributed by atoms with Crippen molar-refractivity contribution in [3.8, 4) is 0 Å². The number of amides is 1. The summed E-state index contributed by atoms with van der Waals surface area (Å²) < 4.78 is 5.37. The molecule has 82 valence electrons. The number of carbonyl (C=O) groups is 1. The molecule has 0 radical (unpaired) electrons. The molecule has 0 spiro atoms. The average Bonchev–Trinajstić information content (AvgIpc) is 2.16. The highest BCUT2D eigenvalue weighted by molar-refractivity contribution is 5.81. The molecule has 1 aliphatic rings. The quantitative estimate of drug-likeness (QED) is 0.716. The number of ether oxygens (including phenoxy) is 1. The summed E-state index contributed by atoms with van der Waals surface area (Å²) in [5.74, 6) is 0.0692. The van der Waals surface area contributed by atoms with Gasteiger partial charge in [0, 0.05) is 19.2 Å². The largest absolute Gasteiger partial charge is 0.396 e. The maximum Gasteiger partial charge on any atom is 0.252 e. The summed E-state index contributed by atoms with van der Waals surface area (Å²) in [6.45, 7) is 5.43. The van der Waals surface area contributed by atoms with E-state index >= 15 is 0 Å². The monoisotopic (exact) mass is 201 g/mol. The lowest BCUT2D eigenvalue weighted by Crippen LogP contribution is -2.50. The molecule has 0 aromatic carbocycles. The Morgan fingerprint density at radius 1 is 1.64 bits per heavy atom. The first kappa shape index (κ1) is 11.5. The van der Waals surface area contributed by atoms with Crippen molar-refractivity contribution in [2.45, 2.75) is 38.8 Å². The number of morpholine rings is 1. The fraction of sp³-hybridized carbons (Fsp3) is 0.900. The Labute approximate surface area is 84.8 Å². The third-order valence-electron chi connectivity index (χ3n) is 2.46. The zero-order chi connectivity index (χ0) is 10.6. The molecule has 1 saturated heterocycles. The van der Waals surface area contributed by atoms with Gasteiger partial charge in [-0.1, -0.05) is 0 Å². The fourth-order valence-electron chi connectivity index (χ4n) is 1.66. The Morgan fingerprint density at radius 3 is 2.93 bits per heavy atom. The van der Waals surface area contributed by atoms with Gasteiger partial charge in [0.25, 0.3) is 5.91 Å². The number of nitrogens with zero attached hydrogens (tertiary/aromatic N) is 1. The van der Waals surface area contributed by atoms with E-state index in [2.05, 4.69) is 0 Å². The van der Waals surface area contributed by atoms with E-state index in [4.69, 9.17) is 9.84 Å². The second-order valence-corrected chi connectivity index (χ2v) is 3.85. The summed E-state index contributed by atoms with van der Waals surface area (Å²) in [6, 6.07) is 0.239. The van der Waals surface area contributed by atoms with E-state index in [0.717, 1.165) is 0 Å². The molecule has 0 saturated carbocycles. The van der Waals surface area contributed by atoms with Crippen LogP contribution in [0.25, 0.3) is 0 Å². The minimum Gasteiger partial charge on any atom is -0.396 e. The summed E-state index contributed by atoms with van der Waals surface area (Å²) >= 11 is 0. The van der Waals surface area contributed by atoms with Crippen LogP contribution >= 0.6 is 0 Å². The topological polar surface area (TPSA) is 49.8 Å². The van der Waals surface area contributed by atoms with Crippen LogP contribution in [0.2, 0.25) is 0 Å².